The number of hydrogen-bond donors (Lipinski definition) is 0. The molecule has 0 aromatic rings. The molecule has 0 saturated heterocycles. The van der Waals surface area contributed by atoms with Gasteiger partial charge in [-0.05, 0) is 83.5 Å². The maximum absolute atomic E-state index is 13.0. The summed E-state index contributed by atoms with van der Waals surface area (Å²) in [6.07, 6.45) is 92.6. The van der Waals surface area contributed by atoms with Crippen LogP contribution in [-0.4, -0.2) is 37.2 Å². The van der Waals surface area contributed by atoms with Crippen LogP contribution in [0.3, 0.4) is 0 Å². The van der Waals surface area contributed by atoms with E-state index in [0.29, 0.717) is 19.3 Å². The van der Waals surface area contributed by atoms with E-state index < -0.39 is 6.10 Å². The van der Waals surface area contributed by atoms with Gasteiger partial charge in [-0.15, -0.1) is 0 Å². The van der Waals surface area contributed by atoms with Crippen LogP contribution in [-0.2, 0) is 28.6 Å². The van der Waals surface area contributed by atoms with Crippen LogP contribution < -0.4 is 0 Å². The Balaban J connectivity index is 4.22. The monoisotopic (exact) mass is 1160 g/mol. The van der Waals surface area contributed by atoms with Crippen LogP contribution in [0.2, 0.25) is 0 Å². The molecule has 0 aliphatic heterocycles. The molecule has 0 N–H and O–H groups in total. The lowest BCUT2D eigenvalue weighted by atomic mass is 10.0. The van der Waals surface area contributed by atoms with Gasteiger partial charge in [-0.1, -0.05) is 351 Å². The van der Waals surface area contributed by atoms with Gasteiger partial charge in [0.05, 0.1) is 0 Å². The van der Waals surface area contributed by atoms with Gasteiger partial charge in [0.15, 0.2) is 6.10 Å². The number of carbonyl (C=O) groups excluding carboxylic acids is 3. The van der Waals surface area contributed by atoms with Gasteiger partial charge >= 0.3 is 17.9 Å². The molecule has 0 radical (unpaired) electrons. The van der Waals surface area contributed by atoms with Crippen LogP contribution in [0.5, 0.6) is 0 Å². The second-order valence-electron chi connectivity index (χ2n) is 24.8. The summed E-state index contributed by atoms with van der Waals surface area (Å²) in [5, 5.41) is 0. The Morgan fingerprint density at radius 2 is 0.470 bits per heavy atom. The fourth-order valence-electron chi connectivity index (χ4n) is 11.0. The van der Waals surface area contributed by atoms with E-state index in [4.69, 9.17) is 14.2 Å². The van der Waals surface area contributed by atoms with Gasteiger partial charge < -0.3 is 14.2 Å². The number of allylic oxidation sites excluding steroid dienone is 10. The van der Waals surface area contributed by atoms with Gasteiger partial charge in [0, 0.05) is 19.3 Å². The highest BCUT2D eigenvalue weighted by Crippen LogP contribution is 2.19. The molecule has 0 fully saturated rings. The maximum Gasteiger partial charge on any atom is 0.306 e. The molecule has 0 aliphatic rings. The van der Waals surface area contributed by atoms with Crippen molar-refractivity contribution in [2.24, 2.45) is 0 Å². The third-order valence-corrected chi connectivity index (χ3v) is 16.5. The van der Waals surface area contributed by atoms with Crippen molar-refractivity contribution in [3.8, 4) is 0 Å². The fraction of sp³-hybridized carbons (Fsp3) is 0.831. The quantitative estimate of drug-likeness (QED) is 0.0261. The standard InChI is InChI=1S/C77H140O6/c1-4-7-10-13-16-19-22-25-27-29-31-33-35-37-38-40-41-43-45-47-49-52-55-58-61-64-67-70-76(79)82-73-74(72-81-75(78)69-66-63-60-57-54-51-24-21-18-15-12-9-6-3)83-77(80)71-68-65-62-59-56-53-50-48-46-44-42-39-36-34-32-30-28-26-23-20-17-14-11-8-5-2/h7,10,16,19,21,24-25,27,31,33,74H,4-6,8-9,11-15,17-18,20,22-23,26,28-30,32,34-73H2,1-3H3/b10-7-,19-16-,24-21-,27-25-,33-31-. The smallest absolute Gasteiger partial charge is 0.306 e. The molecule has 0 spiro atoms. The van der Waals surface area contributed by atoms with Gasteiger partial charge in [0.25, 0.3) is 0 Å². The van der Waals surface area contributed by atoms with E-state index in [1.165, 1.54) is 263 Å². The van der Waals surface area contributed by atoms with Crippen molar-refractivity contribution in [1.29, 1.82) is 0 Å². The van der Waals surface area contributed by atoms with E-state index in [9.17, 15) is 14.4 Å². The van der Waals surface area contributed by atoms with Crippen molar-refractivity contribution >= 4 is 17.9 Å². The summed E-state index contributed by atoms with van der Waals surface area (Å²) in [5.41, 5.74) is 0. The van der Waals surface area contributed by atoms with Crippen LogP contribution in [0, 0.1) is 0 Å². The first-order valence-corrected chi connectivity index (χ1v) is 36.8. The summed E-state index contributed by atoms with van der Waals surface area (Å²) in [4.78, 5) is 38.5. The molecule has 0 aromatic heterocycles. The first-order valence-electron chi connectivity index (χ1n) is 36.8. The Morgan fingerprint density at radius 1 is 0.253 bits per heavy atom. The van der Waals surface area contributed by atoms with E-state index in [2.05, 4.69) is 81.5 Å². The summed E-state index contributed by atoms with van der Waals surface area (Å²) in [6.45, 7) is 6.58. The normalized spacial score (nSPS) is 12.4. The average molecular weight is 1160 g/mol. The molecule has 83 heavy (non-hydrogen) atoms. The van der Waals surface area contributed by atoms with E-state index in [-0.39, 0.29) is 31.1 Å². The van der Waals surface area contributed by atoms with Crippen molar-refractivity contribution in [2.45, 2.75) is 399 Å². The molecule has 0 bridgehead atoms. The van der Waals surface area contributed by atoms with E-state index >= 15 is 0 Å². The van der Waals surface area contributed by atoms with Crippen LogP contribution >= 0.6 is 0 Å². The van der Waals surface area contributed by atoms with Crippen molar-refractivity contribution < 1.29 is 28.6 Å². The number of unbranched alkanes of at least 4 members (excludes halogenated alkanes) is 47. The van der Waals surface area contributed by atoms with Gasteiger partial charge in [-0.3, -0.25) is 14.4 Å². The Morgan fingerprint density at radius 3 is 0.759 bits per heavy atom. The van der Waals surface area contributed by atoms with E-state index in [1.807, 2.05) is 0 Å². The summed E-state index contributed by atoms with van der Waals surface area (Å²) in [7, 11) is 0. The lowest BCUT2D eigenvalue weighted by Gasteiger charge is -2.18. The number of esters is 3. The Kier molecular flexibility index (Phi) is 69.1. The minimum absolute atomic E-state index is 0.0722. The third kappa shape index (κ3) is 69.8. The molecule has 0 heterocycles. The minimum Gasteiger partial charge on any atom is -0.462 e. The summed E-state index contributed by atoms with van der Waals surface area (Å²) in [5.74, 6) is -0.854. The summed E-state index contributed by atoms with van der Waals surface area (Å²) < 4.78 is 17.0. The average Bonchev–Trinajstić information content (AvgIpc) is 3.49. The Labute approximate surface area is 517 Å². The summed E-state index contributed by atoms with van der Waals surface area (Å²) in [6, 6.07) is 0. The second kappa shape index (κ2) is 71.6. The molecule has 0 saturated carbocycles. The first kappa shape index (κ1) is 80.1. The molecule has 6 nitrogen and oxygen atoms in total. The van der Waals surface area contributed by atoms with Gasteiger partial charge in [-0.25, -0.2) is 0 Å². The molecular formula is C77H140O6. The number of hydrogen-bond acceptors (Lipinski definition) is 6. The molecule has 484 valence electrons. The number of ether oxygens (including phenoxy) is 3. The topological polar surface area (TPSA) is 78.9 Å². The molecule has 1 unspecified atom stereocenters. The van der Waals surface area contributed by atoms with Gasteiger partial charge in [-0.2, -0.15) is 0 Å². The Bertz CT molecular complexity index is 1470. The predicted octanol–water partition coefficient (Wildman–Crippen LogP) is 25.5. The second-order valence-corrected chi connectivity index (χ2v) is 24.8. The maximum atomic E-state index is 13.0. The van der Waals surface area contributed by atoms with Crippen molar-refractivity contribution in [3.63, 3.8) is 0 Å². The fourth-order valence-corrected chi connectivity index (χ4v) is 11.0. The van der Waals surface area contributed by atoms with Crippen molar-refractivity contribution in [2.75, 3.05) is 13.2 Å². The van der Waals surface area contributed by atoms with Crippen LogP contribution in [0.1, 0.15) is 393 Å². The molecule has 0 amide bonds. The zero-order valence-electron chi connectivity index (χ0n) is 55.7. The zero-order valence-corrected chi connectivity index (χ0v) is 55.7. The van der Waals surface area contributed by atoms with Crippen molar-refractivity contribution in [3.05, 3.63) is 60.8 Å². The third-order valence-electron chi connectivity index (χ3n) is 16.5. The van der Waals surface area contributed by atoms with Crippen molar-refractivity contribution in [1.82, 2.24) is 0 Å². The predicted molar refractivity (Wildman–Crippen MR) is 362 cm³/mol. The van der Waals surface area contributed by atoms with E-state index in [0.717, 1.165) is 89.9 Å². The molecule has 0 aromatic carbocycles. The van der Waals surface area contributed by atoms with Crippen LogP contribution in [0.4, 0.5) is 0 Å². The van der Waals surface area contributed by atoms with Gasteiger partial charge in [0.2, 0.25) is 0 Å². The molecule has 6 heteroatoms. The van der Waals surface area contributed by atoms with E-state index in [1.54, 1.807) is 0 Å². The van der Waals surface area contributed by atoms with Crippen LogP contribution in [0.25, 0.3) is 0 Å². The number of carbonyl (C=O) groups is 3. The summed E-state index contributed by atoms with van der Waals surface area (Å²) >= 11 is 0. The van der Waals surface area contributed by atoms with Crippen LogP contribution in [0.15, 0.2) is 60.8 Å². The highest BCUT2D eigenvalue weighted by Gasteiger charge is 2.19. The minimum atomic E-state index is -0.777. The molecule has 0 rings (SSSR count). The lowest BCUT2D eigenvalue weighted by molar-refractivity contribution is -0.167. The lowest BCUT2D eigenvalue weighted by Crippen LogP contribution is -2.30. The largest absolute Gasteiger partial charge is 0.462 e. The molecule has 0 aliphatic carbocycles. The molecule has 1 atom stereocenters. The zero-order chi connectivity index (χ0) is 59.9. The molecular weight excluding hydrogens is 1020 g/mol. The highest BCUT2D eigenvalue weighted by molar-refractivity contribution is 5.71. The Hall–Kier alpha value is -2.89. The SMILES string of the molecule is CC/C=C\C/C=C\C/C=C\C/C=C\CCCCCCCCCCCCCCCCC(=O)OCC(COC(=O)CCCCCCC/C=C\CCCCCC)OC(=O)CCCCCCCCCCCCCCCCCCCCCCCCCCC. The first-order chi connectivity index (χ1) is 41.0. The number of rotatable bonds is 68. The highest BCUT2D eigenvalue weighted by atomic mass is 16.6. The van der Waals surface area contributed by atoms with Gasteiger partial charge in [0.1, 0.15) is 13.2 Å².